The number of hydrogen-bond donors (Lipinski definition) is 0. The van der Waals surface area contributed by atoms with Gasteiger partial charge >= 0.3 is 0 Å². The maximum atomic E-state index is 11.1. The maximum Gasteiger partial charge on any atom is 0.178 e. The molecule has 1 aliphatic heterocycles. The molecule has 0 aliphatic carbocycles. The van der Waals surface area contributed by atoms with Crippen LogP contribution in [0.4, 0.5) is 0 Å². The summed E-state index contributed by atoms with van der Waals surface area (Å²) in [5.41, 5.74) is 0.519. The minimum Gasteiger partial charge on any atom is -0.293 e. The zero-order chi connectivity index (χ0) is 7.84. The summed E-state index contributed by atoms with van der Waals surface area (Å²) in [6, 6.07) is 1.64. The molecule has 0 fully saturated rings. The predicted molar refractivity (Wildman–Crippen MR) is 39.8 cm³/mol. The summed E-state index contributed by atoms with van der Waals surface area (Å²) in [5, 5.41) is 0. The number of fused-ring (bicyclic) bond motifs is 1. The number of rotatable bonds is 0. The molecule has 11 heavy (non-hydrogen) atoms. The van der Waals surface area contributed by atoms with Gasteiger partial charge in [-0.2, -0.15) is 0 Å². The SMILES string of the molecule is O=C1CS(=O)c2ccncc21. The van der Waals surface area contributed by atoms with Crippen LogP contribution in [0.1, 0.15) is 10.4 Å². The summed E-state index contributed by atoms with van der Waals surface area (Å²) in [5.74, 6) is 0.0625. The molecule has 0 saturated carbocycles. The van der Waals surface area contributed by atoms with Crippen LogP contribution in [0.25, 0.3) is 0 Å². The monoisotopic (exact) mass is 167 g/mol. The fraction of sp³-hybridized carbons (Fsp3) is 0.143. The Labute approximate surface area is 65.9 Å². The number of carbonyl (C=O) groups excluding carboxylic acids is 1. The van der Waals surface area contributed by atoms with E-state index in [4.69, 9.17) is 0 Å². The Bertz CT molecular complexity index is 315. The molecule has 0 radical (unpaired) electrons. The summed E-state index contributed by atoms with van der Waals surface area (Å²) >= 11 is 0. The summed E-state index contributed by atoms with van der Waals surface area (Å²) < 4.78 is 11.1. The van der Waals surface area contributed by atoms with Crippen molar-refractivity contribution in [1.29, 1.82) is 0 Å². The van der Waals surface area contributed by atoms with Crippen LogP contribution in [0.15, 0.2) is 23.4 Å². The molecule has 1 aromatic heterocycles. The van der Waals surface area contributed by atoms with Gasteiger partial charge in [0.1, 0.15) is 0 Å². The first-order valence-electron chi connectivity index (χ1n) is 3.14. The zero-order valence-electron chi connectivity index (χ0n) is 5.61. The lowest BCUT2D eigenvalue weighted by molar-refractivity contribution is 0.102. The lowest BCUT2D eigenvalue weighted by Gasteiger charge is -1.90. The van der Waals surface area contributed by atoms with Crippen molar-refractivity contribution in [1.82, 2.24) is 4.98 Å². The molecule has 0 saturated heterocycles. The topological polar surface area (TPSA) is 47.0 Å². The third-order valence-electron chi connectivity index (χ3n) is 1.59. The Balaban J connectivity index is 2.69. The summed E-state index contributed by atoms with van der Waals surface area (Å²) in [7, 11) is -1.12. The second-order valence-electron chi connectivity index (χ2n) is 2.28. The molecule has 0 amide bonds. The highest BCUT2D eigenvalue weighted by molar-refractivity contribution is 7.86. The van der Waals surface area contributed by atoms with Gasteiger partial charge in [-0.05, 0) is 6.07 Å². The average molecular weight is 167 g/mol. The van der Waals surface area contributed by atoms with Gasteiger partial charge in [0.25, 0.3) is 0 Å². The average Bonchev–Trinajstić information content (AvgIpc) is 2.30. The standard InChI is InChI=1S/C7H5NO2S/c9-6-4-11(10)7-1-2-8-3-5(6)7/h1-3H,4H2. The van der Waals surface area contributed by atoms with Crippen molar-refractivity contribution < 1.29 is 9.00 Å². The quantitative estimate of drug-likeness (QED) is 0.561. The van der Waals surface area contributed by atoms with Crippen molar-refractivity contribution in [3.63, 3.8) is 0 Å². The number of ketones is 1. The van der Waals surface area contributed by atoms with E-state index < -0.39 is 10.8 Å². The highest BCUT2D eigenvalue weighted by Crippen LogP contribution is 2.20. The Kier molecular flexibility index (Phi) is 1.35. The number of Topliss-reactive ketones (excluding diaryl/α,β-unsaturated/α-hetero) is 1. The van der Waals surface area contributed by atoms with Crippen LogP contribution in [0, 0.1) is 0 Å². The first-order valence-corrected chi connectivity index (χ1v) is 4.46. The molecule has 1 aromatic rings. The summed E-state index contributed by atoms with van der Waals surface area (Å²) in [6.07, 6.45) is 3.03. The van der Waals surface area contributed by atoms with Gasteiger partial charge in [0, 0.05) is 12.4 Å². The summed E-state index contributed by atoms with van der Waals surface area (Å²) in [4.78, 5) is 15.5. The van der Waals surface area contributed by atoms with E-state index in [1.165, 1.54) is 6.20 Å². The summed E-state index contributed by atoms with van der Waals surface area (Å²) in [6.45, 7) is 0. The van der Waals surface area contributed by atoms with Gasteiger partial charge in [0.05, 0.1) is 27.0 Å². The van der Waals surface area contributed by atoms with E-state index >= 15 is 0 Å². The van der Waals surface area contributed by atoms with Gasteiger partial charge in [-0.1, -0.05) is 0 Å². The van der Waals surface area contributed by atoms with E-state index in [1.54, 1.807) is 12.3 Å². The third kappa shape index (κ3) is 0.903. The molecule has 2 rings (SSSR count). The van der Waals surface area contributed by atoms with Crippen LogP contribution in [0.2, 0.25) is 0 Å². The Hall–Kier alpha value is -1.03. The molecule has 0 bridgehead atoms. The fourth-order valence-electron chi connectivity index (χ4n) is 1.06. The van der Waals surface area contributed by atoms with Gasteiger partial charge in [-0.3, -0.25) is 14.0 Å². The van der Waals surface area contributed by atoms with E-state index in [0.717, 1.165) is 0 Å². The van der Waals surface area contributed by atoms with Crippen molar-refractivity contribution in [2.75, 3.05) is 5.75 Å². The van der Waals surface area contributed by atoms with E-state index in [9.17, 15) is 9.00 Å². The van der Waals surface area contributed by atoms with E-state index in [-0.39, 0.29) is 11.5 Å². The number of aromatic nitrogens is 1. The first-order chi connectivity index (χ1) is 5.29. The molecule has 1 aliphatic rings. The van der Waals surface area contributed by atoms with Gasteiger partial charge in [-0.15, -0.1) is 0 Å². The molecule has 1 atom stereocenters. The molecular formula is C7H5NO2S. The van der Waals surface area contributed by atoms with E-state index in [0.29, 0.717) is 10.5 Å². The van der Waals surface area contributed by atoms with Crippen LogP contribution in [0.5, 0.6) is 0 Å². The number of nitrogens with zero attached hydrogens (tertiary/aromatic N) is 1. The van der Waals surface area contributed by atoms with E-state index in [2.05, 4.69) is 4.98 Å². The van der Waals surface area contributed by atoms with Gasteiger partial charge < -0.3 is 0 Å². The normalized spacial score (nSPS) is 21.8. The fourth-order valence-corrected chi connectivity index (χ4v) is 2.24. The van der Waals surface area contributed by atoms with Crippen molar-refractivity contribution in [2.45, 2.75) is 4.90 Å². The second kappa shape index (κ2) is 2.23. The Morgan fingerprint density at radius 3 is 3.09 bits per heavy atom. The van der Waals surface area contributed by atoms with Crippen LogP contribution < -0.4 is 0 Å². The Morgan fingerprint density at radius 1 is 1.55 bits per heavy atom. The molecule has 2 heterocycles. The van der Waals surface area contributed by atoms with Gasteiger partial charge in [-0.25, -0.2) is 0 Å². The molecule has 0 N–H and O–H groups in total. The number of hydrogen-bond acceptors (Lipinski definition) is 3. The minimum atomic E-state index is -1.12. The lowest BCUT2D eigenvalue weighted by atomic mass is 10.2. The molecule has 0 spiro atoms. The molecule has 4 heteroatoms. The second-order valence-corrected chi connectivity index (χ2v) is 3.70. The molecule has 56 valence electrons. The number of carbonyl (C=O) groups is 1. The number of pyridine rings is 1. The first kappa shape index (κ1) is 6.67. The Morgan fingerprint density at radius 2 is 2.36 bits per heavy atom. The van der Waals surface area contributed by atoms with Gasteiger partial charge in [0.15, 0.2) is 5.78 Å². The molecule has 0 aromatic carbocycles. The molecular weight excluding hydrogens is 162 g/mol. The van der Waals surface area contributed by atoms with Gasteiger partial charge in [0.2, 0.25) is 0 Å². The van der Waals surface area contributed by atoms with Crippen molar-refractivity contribution in [3.8, 4) is 0 Å². The van der Waals surface area contributed by atoms with Crippen LogP contribution in [0.3, 0.4) is 0 Å². The zero-order valence-corrected chi connectivity index (χ0v) is 6.43. The highest BCUT2D eigenvalue weighted by atomic mass is 32.2. The van der Waals surface area contributed by atoms with Crippen molar-refractivity contribution in [2.24, 2.45) is 0 Å². The van der Waals surface area contributed by atoms with Crippen LogP contribution >= 0.6 is 0 Å². The largest absolute Gasteiger partial charge is 0.293 e. The maximum absolute atomic E-state index is 11.1. The molecule has 1 unspecified atom stereocenters. The lowest BCUT2D eigenvalue weighted by Crippen LogP contribution is -1.97. The smallest absolute Gasteiger partial charge is 0.178 e. The minimum absolute atomic E-state index is 0.0635. The third-order valence-corrected chi connectivity index (χ3v) is 2.96. The van der Waals surface area contributed by atoms with Crippen LogP contribution in [-0.4, -0.2) is 20.7 Å². The van der Waals surface area contributed by atoms with E-state index in [1.807, 2.05) is 0 Å². The van der Waals surface area contributed by atoms with Crippen LogP contribution in [-0.2, 0) is 10.8 Å². The van der Waals surface area contributed by atoms with Crippen molar-refractivity contribution >= 4 is 16.6 Å². The highest BCUT2D eigenvalue weighted by Gasteiger charge is 2.25. The van der Waals surface area contributed by atoms with Crippen molar-refractivity contribution in [3.05, 3.63) is 24.0 Å². The predicted octanol–water partition coefficient (Wildman–Crippen LogP) is 0.385. The molecule has 3 nitrogen and oxygen atoms in total.